The molecular formula is C21H24FN5O4S2. The van der Waals surface area contributed by atoms with E-state index in [9.17, 15) is 17.6 Å². The van der Waals surface area contributed by atoms with Crippen LogP contribution in [0.2, 0.25) is 0 Å². The predicted molar refractivity (Wildman–Crippen MR) is 122 cm³/mol. The second kappa shape index (κ2) is 10.2. The number of carbonyl (C=O) groups excluding carboxylic acids is 1. The summed E-state index contributed by atoms with van der Waals surface area (Å²) in [5.74, 6) is -0.278. The first kappa shape index (κ1) is 23.6. The summed E-state index contributed by atoms with van der Waals surface area (Å²) in [6, 6.07) is 8.18. The van der Waals surface area contributed by atoms with Gasteiger partial charge in [0.1, 0.15) is 5.82 Å². The van der Waals surface area contributed by atoms with Crippen molar-refractivity contribution in [1.82, 2.24) is 24.2 Å². The molecule has 0 radical (unpaired) electrons. The lowest BCUT2D eigenvalue weighted by atomic mass is 10.1. The molecule has 1 N–H and O–H groups in total. The van der Waals surface area contributed by atoms with Gasteiger partial charge in [-0.2, -0.15) is 16.1 Å². The molecule has 1 unspecified atom stereocenters. The zero-order valence-corrected chi connectivity index (χ0v) is 19.6. The summed E-state index contributed by atoms with van der Waals surface area (Å²) in [4.78, 5) is 12.9. The number of hydrogen-bond donors (Lipinski definition) is 1. The van der Waals surface area contributed by atoms with Gasteiger partial charge in [0.05, 0.1) is 29.7 Å². The third kappa shape index (κ3) is 5.03. The van der Waals surface area contributed by atoms with Gasteiger partial charge in [0.15, 0.2) is 11.5 Å². The van der Waals surface area contributed by atoms with Gasteiger partial charge in [0, 0.05) is 19.3 Å². The van der Waals surface area contributed by atoms with Crippen molar-refractivity contribution < 1.29 is 22.3 Å². The van der Waals surface area contributed by atoms with Gasteiger partial charge in [-0.1, -0.05) is 6.07 Å². The number of morpholine rings is 1. The number of nitrogens with one attached hydrogen (secondary N) is 1. The van der Waals surface area contributed by atoms with Crippen molar-refractivity contribution in [1.29, 1.82) is 0 Å². The number of sulfonamides is 1. The van der Waals surface area contributed by atoms with Crippen LogP contribution in [0.15, 0.2) is 47.5 Å². The van der Waals surface area contributed by atoms with E-state index in [1.807, 2.05) is 18.4 Å². The summed E-state index contributed by atoms with van der Waals surface area (Å²) in [5, 5.41) is 11.2. The van der Waals surface area contributed by atoms with Crippen molar-refractivity contribution in [2.24, 2.45) is 0 Å². The van der Waals surface area contributed by atoms with Crippen LogP contribution in [0.1, 0.15) is 28.6 Å². The Balaban J connectivity index is 1.62. The number of ether oxygens (including phenoxy) is 1. The minimum Gasteiger partial charge on any atom is -0.379 e. The normalized spacial score (nSPS) is 16.1. The minimum atomic E-state index is -3.87. The number of fused-ring (bicyclic) bond motifs is 1. The fourth-order valence-electron chi connectivity index (χ4n) is 3.61. The number of hydrogen-bond acceptors (Lipinski definition) is 7. The smallest absolute Gasteiger partial charge is 0.254 e. The fraction of sp³-hybridized carbons (Fsp3) is 0.381. The molecule has 176 valence electrons. The fourth-order valence-corrected chi connectivity index (χ4v) is 5.52. The Kier molecular flexibility index (Phi) is 7.27. The first-order valence-electron chi connectivity index (χ1n) is 10.4. The van der Waals surface area contributed by atoms with Crippen LogP contribution < -0.4 is 5.32 Å². The third-order valence-corrected chi connectivity index (χ3v) is 7.90. The Labute approximate surface area is 195 Å². The number of halogens is 1. The lowest BCUT2D eigenvalue weighted by molar-refractivity contribution is 0.0730. The second-order valence-corrected chi connectivity index (χ2v) is 10.4. The molecular weight excluding hydrogens is 469 g/mol. The summed E-state index contributed by atoms with van der Waals surface area (Å²) >= 11 is 1.60. The molecule has 3 aromatic rings. The first-order valence-corrected chi connectivity index (χ1v) is 13.2. The Hall–Kier alpha value is -2.54. The van der Waals surface area contributed by atoms with Crippen molar-refractivity contribution in [2.45, 2.75) is 17.4 Å². The van der Waals surface area contributed by atoms with E-state index in [1.165, 1.54) is 10.4 Å². The van der Waals surface area contributed by atoms with Gasteiger partial charge in [-0.05, 0) is 48.8 Å². The molecule has 0 saturated carbocycles. The van der Waals surface area contributed by atoms with E-state index in [0.717, 1.165) is 17.9 Å². The van der Waals surface area contributed by atoms with Crippen LogP contribution in [0.5, 0.6) is 0 Å². The number of aromatic nitrogens is 3. The molecule has 0 bridgehead atoms. The summed E-state index contributed by atoms with van der Waals surface area (Å²) in [5.41, 5.74) is 0.285. The van der Waals surface area contributed by atoms with Crippen molar-refractivity contribution in [3.05, 3.63) is 59.8 Å². The molecule has 1 fully saturated rings. The standard InChI is InChI=1S/C21H24FN5O4S2/c1-32-13-7-18(20-25-24-19-4-2-3-8-27(19)20)23-21(28)16-14-15(5-6-17(16)22)33(29,30)26-9-11-31-12-10-26/h2-6,8,14,18H,7,9-13H2,1H3,(H,23,28). The van der Waals surface area contributed by atoms with E-state index >= 15 is 0 Å². The highest BCUT2D eigenvalue weighted by molar-refractivity contribution is 7.98. The van der Waals surface area contributed by atoms with E-state index in [4.69, 9.17) is 4.74 Å². The van der Waals surface area contributed by atoms with E-state index in [1.54, 1.807) is 28.4 Å². The van der Waals surface area contributed by atoms with Crippen LogP contribution in [0.4, 0.5) is 4.39 Å². The molecule has 1 aromatic carbocycles. The lowest BCUT2D eigenvalue weighted by Gasteiger charge is -2.26. The number of nitrogens with zero attached hydrogens (tertiary/aromatic N) is 4. The molecule has 1 aliphatic heterocycles. The van der Waals surface area contributed by atoms with E-state index in [0.29, 0.717) is 17.9 Å². The number of pyridine rings is 1. The average Bonchev–Trinajstić information content (AvgIpc) is 3.26. The van der Waals surface area contributed by atoms with Gasteiger partial charge in [-0.25, -0.2) is 12.8 Å². The zero-order valence-electron chi connectivity index (χ0n) is 18.0. The zero-order chi connectivity index (χ0) is 23.4. The highest BCUT2D eigenvalue weighted by Gasteiger charge is 2.29. The molecule has 4 rings (SSSR count). The molecule has 1 amide bonds. The SMILES string of the molecule is CSCCC(NC(=O)c1cc(S(=O)(=O)N2CCOCC2)ccc1F)c1nnc2ccccn12. The maximum absolute atomic E-state index is 14.6. The summed E-state index contributed by atoms with van der Waals surface area (Å²) < 4.78 is 48.8. The highest BCUT2D eigenvalue weighted by atomic mass is 32.2. The van der Waals surface area contributed by atoms with Crippen LogP contribution in [0.25, 0.3) is 5.65 Å². The van der Waals surface area contributed by atoms with Crippen LogP contribution in [-0.4, -0.2) is 71.5 Å². The van der Waals surface area contributed by atoms with Gasteiger partial charge >= 0.3 is 0 Å². The average molecular weight is 494 g/mol. The monoisotopic (exact) mass is 493 g/mol. The maximum atomic E-state index is 14.6. The van der Waals surface area contributed by atoms with E-state index in [2.05, 4.69) is 15.5 Å². The maximum Gasteiger partial charge on any atom is 0.254 e. The number of amides is 1. The third-order valence-electron chi connectivity index (χ3n) is 5.36. The quantitative estimate of drug-likeness (QED) is 0.512. The van der Waals surface area contributed by atoms with Crippen molar-refractivity contribution in [3.8, 4) is 0 Å². The van der Waals surface area contributed by atoms with Gasteiger partial charge in [0.2, 0.25) is 10.0 Å². The summed E-state index contributed by atoms with van der Waals surface area (Å²) in [6.45, 7) is 0.990. The van der Waals surface area contributed by atoms with E-state index < -0.39 is 27.8 Å². The number of thioether (sulfide) groups is 1. The number of carbonyl (C=O) groups is 1. The van der Waals surface area contributed by atoms with Crippen molar-refractivity contribution in [2.75, 3.05) is 38.3 Å². The van der Waals surface area contributed by atoms with E-state index in [-0.39, 0.29) is 36.8 Å². The molecule has 9 nitrogen and oxygen atoms in total. The predicted octanol–water partition coefficient (Wildman–Crippen LogP) is 2.11. The Bertz CT molecular complexity index is 1240. The first-order chi connectivity index (χ1) is 15.9. The molecule has 3 heterocycles. The summed E-state index contributed by atoms with van der Waals surface area (Å²) in [7, 11) is -3.87. The molecule has 1 saturated heterocycles. The minimum absolute atomic E-state index is 0.135. The molecule has 2 aromatic heterocycles. The van der Waals surface area contributed by atoms with Gasteiger partial charge in [-0.15, -0.1) is 10.2 Å². The topological polar surface area (TPSA) is 106 Å². The lowest BCUT2D eigenvalue weighted by Crippen LogP contribution is -2.40. The van der Waals surface area contributed by atoms with Gasteiger partial charge in [0.25, 0.3) is 5.91 Å². The highest BCUT2D eigenvalue weighted by Crippen LogP contribution is 2.23. The Morgan fingerprint density at radius 3 is 2.79 bits per heavy atom. The van der Waals surface area contributed by atoms with Crippen LogP contribution in [0.3, 0.4) is 0 Å². The summed E-state index contributed by atoms with van der Waals surface area (Å²) in [6.07, 6.45) is 4.27. The molecule has 0 spiro atoms. The molecule has 1 atom stereocenters. The Morgan fingerprint density at radius 1 is 1.24 bits per heavy atom. The molecule has 33 heavy (non-hydrogen) atoms. The van der Waals surface area contributed by atoms with Crippen molar-refractivity contribution >= 4 is 33.3 Å². The second-order valence-electron chi connectivity index (χ2n) is 7.45. The molecule has 12 heteroatoms. The number of benzene rings is 1. The largest absolute Gasteiger partial charge is 0.379 e. The van der Waals surface area contributed by atoms with Crippen LogP contribution in [0, 0.1) is 5.82 Å². The molecule has 0 aliphatic carbocycles. The number of rotatable bonds is 8. The van der Waals surface area contributed by atoms with Gasteiger partial charge < -0.3 is 10.1 Å². The Morgan fingerprint density at radius 2 is 2.03 bits per heavy atom. The van der Waals surface area contributed by atoms with Crippen LogP contribution in [-0.2, 0) is 14.8 Å². The van der Waals surface area contributed by atoms with Gasteiger partial charge in [-0.3, -0.25) is 9.20 Å². The van der Waals surface area contributed by atoms with Crippen LogP contribution >= 0.6 is 11.8 Å². The molecule has 1 aliphatic rings. The van der Waals surface area contributed by atoms with Crippen molar-refractivity contribution in [3.63, 3.8) is 0 Å².